The van der Waals surface area contributed by atoms with E-state index in [2.05, 4.69) is 0 Å². The van der Waals surface area contributed by atoms with Crippen LogP contribution in [0, 0.1) is 0 Å². The second-order valence-corrected chi connectivity index (χ2v) is 7.68. The summed E-state index contributed by atoms with van der Waals surface area (Å²) in [5.41, 5.74) is -0.00235. The predicted octanol–water partition coefficient (Wildman–Crippen LogP) is 2.61. The molecule has 1 aliphatic rings. The highest BCUT2D eigenvalue weighted by atomic mass is 32.2. The number of esters is 1. The van der Waals surface area contributed by atoms with E-state index in [1.165, 1.54) is 4.31 Å². The first-order chi connectivity index (χ1) is 11.9. The molecule has 0 atom stereocenters. The van der Waals surface area contributed by atoms with Crippen LogP contribution in [0.5, 0.6) is 0 Å². The fourth-order valence-corrected chi connectivity index (χ4v) is 4.26. The monoisotopic (exact) mass is 361 g/mol. The minimum Gasteiger partial charge on any atom is -0.512 e. The molecule has 0 saturated heterocycles. The largest absolute Gasteiger partial charge is 0.512 e. The molecule has 3 rings (SSSR count). The Morgan fingerprint density at radius 1 is 1.20 bits per heavy atom. The summed E-state index contributed by atoms with van der Waals surface area (Å²) in [6, 6.07) is 12.4. The summed E-state index contributed by atoms with van der Waals surface area (Å²) in [6.45, 7) is 1.73. The molecule has 1 heterocycles. The smallest absolute Gasteiger partial charge is 0.338 e. The second kappa shape index (κ2) is 6.85. The lowest BCUT2D eigenvalue weighted by atomic mass is 10.1. The summed E-state index contributed by atoms with van der Waals surface area (Å²) in [6.07, 6.45) is 0.0843. The first-order valence-electron chi connectivity index (χ1n) is 8.00. The maximum Gasteiger partial charge on any atom is 0.338 e. The van der Waals surface area contributed by atoms with Crippen LogP contribution >= 0.6 is 0 Å². The molecule has 0 unspecified atom stereocenters. The van der Waals surface area contributed by atoms with Crippen molar-refractivity contribution in [3.63, 3.8) is 0 Å². The number of aliphatic hydroxyl groups excluding tert-OH is 1. The van der Waals surface area contributed by atoms with Crippen molar-refractivity contribution in [3.05, 3.63) is 53.8 Å². The molecule has 0 aliphatic carbocycles. The number of hydrogen-bond acceptors (Lipinski definition) is 5. The number of rotatable bonds is 4. The van der Waals surface area contributed by atoms with Crippen molar-refractivity contribution >= 4 is 26.8 Å². The first-order valence-corrected chi connectivity index (χ1v) is 9.44. The van der Waals surface area contributed by atoms with E-state index in [1.54, 1.807) is 25.1 Å². The van der Waals surface area contributed by atoms with E-state index in [-0.39, 0.29) is 42.3 Å². The topological polar surface area (TPSA) is 83.9 Å². The molecule has 132 valence electrons. The quantitative estimate of drug-likeness (QED) is 0.846. The van der Waals surface area contributed by atoms with E-state index in [1.807, 2.05) is 24.3 Å². The molecular formula is C18H19NO5S. The highest BCUT2D eigenvalue weighted by Crippen LogP contribution is 2.26. The minimum absolute atomic E-state index is 0.00235. The van der Waals surface area contributed by atoms with E-state index in [0.717, 1.165) is 10.8 Å². The number of carbonyl (C=O) groups is 1. The van der Waals surface area contributed by atoms with Crippen molar-refractivity contribution < 1.29 is 23.1 Å². The van der Waals surface area contributed by atoms with Gasteiger partial charge in [0.25, 0.3) is 0 Å². The van der Waals surface area contributed by atoms with Gasteiger partial charge in [-0.05, 0) is 29.8 Å². The molecule has 0 amide bonds. The zero-order chi connectivity index (χ0) is 18.0. The van der Waals surface area contributed by atoms with Crippen molar-refractivity contribution in [1.82, 2.24) is 4.31 Å². The third-order valence-electron chi connectivity index (χ3n) is 4.16. The maximum absolute atomic E-state index is 12.9. The van der Waals surface area contributed by atoms with Crippen LogP contribution in [0.25, 0.3) is 10.8 Å². The third-order valence-corrected chi connectivity index (χ3v) is 6.00. The number of carbonyl (C=O) groups excluding carboxylic acids is 1. The molecule has 2 aromatic rings. The molecule has 0 saturated carbocycles. The van der Waals surface area contributed by atoms with E-state index in [9.17, 15) is 18.3 Å². The molecule has 2 aromatic carbocycles. The zero-order valence-corrected chi connectivity index (χ0v) is 14.6. The van der Waals surface area contributed by atoms with Gasteiger partial charge in [0.05, 0.1) is 17.1 Å². The Morgan fingerprint density at radius 3 is 2.64 bits per heavy atom. The Bertz CT molecular complexity index is 949. The number of ether oxygens (including phenoxy) is 1. The maximum atomic E-state index is 12.9. The summed E-state index contributed by atoms with van der Waals surface area (Å²) in [4.78, 5) is 12.1. The number of sulfonamides is 1. The normalized spacial score (nSPS) is 16.2. The van der Waals surface area contributed by atoms with Gasteiger partial charge in [0, 0.05) is 19.5 Å². The molecular weight excluding hydrogens is 342 g/mol. The van der Waals surface area contributed by atoms with Crippen LogP contribution in [-0.2, 0) is 19.6 Å². The molecule has 6 nitrogen and oxygen atoms in total. The van der Waals surface area contributed by atoms with E-state index < -0.39 is 16.0 Å². The second-order valence-electron chi connectivity index (χ2n) is 5.74. The Hall–Kier alpha value is -2.38. The van der Waals surface area contributed by atoms with Crippen molar-refractivity contribution in [3.8, 4) is 0 Å². The molecule has 1 N–H and O–H groups in total. The summed E-state index contributed by atoms with van der Waals surface area (Å²) in [5, 5.41) is 11.7. The van der Waals surface area contributed by atoms with Gasteiger partial charge in [0.2, 0.25) is 10.0 Å². The predicted molar refractivity (Wildman–Crippen MR) is 93.6 cm³/mol. The molecule has 0 aromatic heterocycles. The van der Waals surface area contributed by atoms with E-state index in [0.29, 0.717) is 0 Å². The first kappa shape index (κ1) is 17.4. The standard InChI is InChI=1S/C18H19NO5S/c1-2-24-18(21)16-12-19(10-9-17(16)20)25(22,23)15-8-7-13-5-3-4-6-14(13)11-15/h3-8,11,20H,2,9-10,12H2,1H3. The lowest BCUT2D eigenvalue weighted by Gasteiger charge is -2.27. The van der Waals surface area contributed by atoms with Crippen LogP contribution < -0.4 is 0 Å². The molecule has 1 aliphatic heterocycles. The van der Waals surface area contributed by atoms with Gasteiger partial charge >= 0.3 is 5.97 Å². The highest BCUT2D eigenvalue weighted by Gasteiger charge is 2.32. The lowest BCUT2D eigenvalue weighted by Crippen LogP contribution is -2.39. The summed E-state index contributed by atoms with van der Waals surface area (Å²) < 4.78 is 32.0. The average molecular weight is 361 g/mol. The van der Waals surface area contributed by atoms with Crippen LogP contribution in [0.2, 0.25) is 0 Å². The molecule has 0 spiro atoms. The van der Waals surface area contributed by atoms with Gasteiger partial charge in [-0.1, -0.05) is 30.3 Å². The Balaban J connectivity index is 1.93. The molecule has 0 radical (unpaired) electrons. The fourth-order valence-electron chi connectivity index (χ4n) is 2.81. The highest BCUT2D eigenvalue weighted by molar-refractivity contribution is 7.89. The third kappa shape index (κ3) is 3.38. The Labute approximate surface area is 146 Å². The molecule has 0 bridgehead atoms. The van der Waals surface area contributed by atoms with E-state index in [4.69, 9.17) is 4.74 Å². The summed E-state index contributed by atoms with van der Waals surface area (Å²) in [7, 11) is -3.78. The summed E-state index contributed by atoms with van der Waals surface area (Å²) >= 11 is 0. The van der Waals surface area contributed by atoms with E-state index >= 15 is 0 Å². The van der Waals surface area contributed by atoms with Gasteiger partial charge in [-0.25, -0.2) is 13.2 Å². The lowest BCUT2D eigenvalue weighted by molar-refractivity contribution is -0.139. The van der Waals surface area contributed by atoms with Gasteiger partial charge < -0.3 is 9.84 Å². The number of fused-ring (bicyclic) bond motifs is 1. The van der Waals surface area contributed by atoms with Gasteiger partial charge in [-0.2, -0.15) is 4.31 Å². The van der Waals surface area contributed by atoms with Gasteiger partial charge in [-0.15, -0.1) is 0 Å². The van der Waals surface area contributed by atoms with Crippen LogP contribution in [0.1, 0.15) is 13.3 Å². The van der Waals surface area contributed by atoms with Crippen molar-refractivity contribution in [2.45, 2.75) is 18.2 Å². The van der Waals surface area contributed by atoms with Gasteiger partial charge in [0.1, 0.15) is 5.76 Å². The van der Waals surface area contributed by atoms with Crippen molar-refractivity contribution in [1.29, 1.82) is 0 Å². The van der Waals surface area contributed by atoms with Crippen LogP contribution in [0.3, 0.4) is 0 Å². The SMILES string of the molecule is CCOC(=O)C1=C(O)CCN(S(=O)(=O)c2ccc3ccccc3c2)C1. The van der Waals surface area contributed by atoms with Crippen LogP contribution in [0.4, 0.5) is 0 Å². The zero-order valence-electron chi connectivity index (χ0n) is 13.8. The number of aliphatic hydroxyl groups is 1. The van der Waals surface area contributed by atoms with Crippen LogP contribution in [-0.4, -0.2) is 43.5 Å². The van der Waals surface area contributed by atoms with Crippen molar-refractivity contribution in [2.75, 3.05) is 19.7 Å². The number of nitrogens with zero attached hydrogens (tertiary/aromatic N) is 1. The minimum atomic E-state index is -3.78. The molecule has 25 heavy (non-hydrogen) atoms. The van der Waals surface area contributed by atoms with Crippen LogP contribution in [0.15, 0.2) is 58.7 Å². The molecule has 0 fully saturated rings. The van der Waals surface area contributed by atoms with Crippen molar-refractivity contribution in [2.24, 2.45) is 0 Å². The average Bonchev–Trinajstić information content (AvgIpc) is 2.61. The summed E-state index contributed by atoms with van der Waals surface area (Å²) in [5.74, 6) is -0.790. The Morgan fingerprint density at radius 2 is 1.92 bits per heavy atom. The number of benzene rings is 2. The fraction of sp³-hybridized carbons (Fsp3) is 0.278. The molecule has 7 heteroatoms. The van der Waals surface area contributed by atoms with Gasteiger partial charge in [0.15, 0.2) is 0 Å². The number of hydrogen-bond donors (Lipinski definition) is 1. The van der Waals surface area contributed by atoms with Gasteiger partial charge in [-0.3, -0.25) is 0 Å². The Kier molecular flexibility index (Phi) is 4.78.